The minimum absolute atomic E-state index is 0.0690. The van der Waals surface area contributed by atoms with Crippen molar-refractivity contribution in [3.8, 4) is 11.5 Å². The van der Waals surface area contributed by atoms with Crippen molar-refractivity contribution < 1.29 is 14.3 Å². The molecule has 1 amide bonds. The van der Waals surface area contributed by atoms with Crippen LogP contribution in [0.3, 0.4) is 0 Å². The first-order valence-electron chi connectivity index (χ1n) is 7.88. The van der Waals surface area contributed by atoms with Gasteiger partial charge in [0.05, 0.1) is 20.3 Å². The highest BCUT2D eigenvalue weighted by atomic mass is 16.5. The molecule has 1 aliphatic heterocycles. The lowest BCUT2D eigenvalue weighted by Gasteiger charge is -2.31. The van der Waals surface area contributed by atoms with Crippen LogP contribution in [0.15, 0.2) is 18.2 Å². The number of likely N-dealkylation sites (tertiary alicyclic amines) is 1. The van der Waals surface area contributed by atoms with Gasteiger partial charge in [0.2, 0.25) is 5.91 Å². The zero-order valence-electron chi connectivity index (χ0n) is 13.7. The molecule has 0 aliphatic carbocycles. The highest BCUT2D eigenvalue weighted by Crippen LogP contribution is 2.27. The van der Waals surface area contributed by atoms with Gasteiger partial charge in [0, 0.05) is 6.54 Å². The van der Waals surface area contributed by atoms with Crippen LogP contribution in [0.1, 0.15) is 31.7 Å². The van der Waals surface area contributed by atoms with Gasteiger partial charge in [-0.25, -0.2) is 0 Å². The van der Waals surface area contributed by atoms with Gasteiger partial charge in [-0.1, -0.05) is 12.5 Å². The fourth-order valence-electron chi connectivity index (χ4n) is 2.80. The molecule has 22 heavy (non-hydrogen) atoms. The Morgan fingerprint density at radius 1 is 1.18 bits per heavy atom. The summed E-state index contributed by atoms with van der Waals surface area (Å²) in [6, 6.07) is 5.62. The normalized spacial score (nSPS) is 16.9. The molecule has 1 N–H and O–H groups in total. The number of rotatable bonds is 6. The quantitative estimate of drug-likeness (QED) is 0.875. The lowest BCUT2D eigenvalue weighted by molar-refractivity contribution is -0.126. The lowest BCUT2D eigenvalue weighted by Crippen LogP contribution is -2.46. The molecule has 1 aliphatic rings. The van der Waals surface area contributed by atoms with E-state index in [2.05, 4.69) is 10.2 Å². The summed E-state index contributed by atoms with van der Waals surface area (Å²) >= 11 is 0. The van der Waals surface area contributed by atoms with Crippen LogP contribution in [0.4, 0.5) is 0 Å². The van der Waals surface area contributed by atoms with E-state index in [1.807, 2.05) is 25.1 Å². The van der Waals surface area contributed by atoms with E-state index in [1.165, 1.54) is 19.3 Å². The Morgan fingerprint density at radius 2 is 1.86 bits per heavy atom. The van der Waals surface area contributed by atoms with E-state index in [0.717, 1.165) is 18.7 Å². The number of amides is 1. The number of nitrogens with one attached hydrogen (secondary N) is 1. The molecule has 0 spiro atoms. The van der Waals surface area contributed by atoms with Crippen molar-refractivity contribution >= 4 is 5.91 Å². The number of methoxy groups -OCH3 is 2. The maximum absolute atomic E-state index is 12.3. The van der Waals surface area contributed by atoms with Crippen LogP contribution >= 0.6 is 0 Å². The molecule has 1 atom stereocenters. The second-order valence-electron chi connectivity index (χ2n) is 5.68. The minimum Gasteiger partial charge on any atom is -0.493 e. The molecule has 1 aromatic rings. The third kappa shape index (κ3) is 4.13. The summed E-state index contributed by atoms with van der Waals surface area (Å²) in [5.74, 6) is 1.45. The molecule has 0 saturated carbocycles. The molecule has 0 radical (unpaired) electrons. The van der Waals surface area contributed by atoms with E-state index in [9.17, 15) is 4.79 Å². The largest absolute Gasteiger partial charge is 0.493 e. The molecule has 2 rings (SSSR count). The van der Waals surface area contributed by atoms with Crippen molar-refractivity contribution in [3.05, 3.63) is 23.8 Å². The van der Waals surface area contributed by atoms with Crippen molar-refractivity contribution in [2.24, 2.45) is 0 Å². The summed E-state index contributed by atoms with van der Waals surface area (Å²) in [6.07, 6.45) is 3.65. The molecule has 0 bridgehead atoms. The number of nitrogens with zero attached hydrogens (tertiary/aromatic N) is 1. The zero-order chi connectivity index (χ0) is 15.9. The number of hydrogen-bond acceptors (Lipinski definition) is 4. The van der Waals surface area contributed by atoms with E-state index in [1.54, 1.807) is 14.2 Å². The average molecular weight is 306 g/mol. The minimum atomic E-state index is -0.0690. The van der Waals surface area contributed by atoms with Crippen molar-refractivity contribution in [3.63, 3.8) is 0 Å². The highest BCUT2D eigenvalue weighted by molar-refractivity contribution is 5.81. The second-order valence-corrected chi connectivity index (χ2v) is 5.68. The molecule has 1 fully saturated rings. The highest BCUT2D eigenvalue weighted by Gasteiger charge is 2.22. The predicted molar refractivity (Wildman–Crippen MR) is 86.3 cm³/mol. The van der Waals surface area contributed by atoms with Crippen LogP contribution < -0.4 is 14.8 Å². The van der Waals surface area contributed by atoms with Gasteiger partial charge in [-0.2, -0.15) is 0 Å². The molecule has 1 heterocycles. The van der Waals surface area contributed by atoms with Crippen LogP contribution in [-0.2, 0) is 11.3 Å². The van der Waals surface area contributed by atoms with Gasteiger partial charge in [-0.05, 0) is 50.6 Å². The smallest absolute Gasteiger partial charge is 0.237 e. The maximum Gasteiger partial charge on any atom is 0.237 e. The van der Waals surface area contributed by atoms with Gasteiger partial charge in [0.25, 0.3) is 0 Å². The molecule has 1 aromatic carbocycles. The number of benzene rings is 1. The Bertz CT molecular complexity index is 499. The summed E-state index contributed by atoms with van der Waals surface area (Å²) < 4.78 is 10.5. The molecule has 1 saturated heterocycles. The van der Waals surface area contributed by atoms with Crippen molar-refractivity contribution in [2.75, 3.05) is 27.3 Å². The number of ether oxygens (including phenoxy) is 2. The van der Waals surface area contributed by atoms with Crippen molar-refractivity contribution in [1.82, 2.24) is 10.2 Å². The molecular weight excluding hydrogens is 280 g/mol. The van der Waals surface area contributed by atoms with Crippen LogP contribution in [0.25, 0.3) is 0 Å². The summed E-state index contributed by atoms with van der Waals surface area (Å²) in [6.45, 7) is 4.52. The van der Waals surface area contributed by atoms with E-state index in [4.69, 9.17) is 9.47 Å². The van der Waals surface area contributed by atoms with Gasteiger partial charge < -0.3 is 14.8 Å². The second kappa shape index (κ2) is 8.03. The average Bonchev–Trinajstić information content (AvgIpc) is 2.59. The monoisotopic (exact) mass is 306 g/mol. The Labute approximate surface area is 132 Å². The van der Waals surface area contributed by atoms with Crippen LogP contribution in [0.2, 0.25) is 0 Å². The van der Waals surface area contributed by atoms with Gasteiger partial charge >= 0.3 is 0 Å². The van der Waals surface area contributed by atoms with Crippen molar-refractivity contribution in [1.29, 1.82) is 0 Å². The molecule has 5 nitrogen and oxygen atoms in total. The molecule has 5 heteroatoms. The molecule has 0 aromatic heterocycles. The maximum atomic E-state index is 12.3. The van der Waals surface area contributed by atoms with Gasteiger partial charge in [0.15, 0.2) is 11.5 Å². The van der Waals surface area contributed by atoms with E-state index in [-0.39, 0.29) is 11.9 Å². The summed E-state index contributed by atoms with van der Waals surface area (Å²) in [7, 11) is 3.22. The Hall–Kier alpha value is -1.75. The Kier molecular flexibility index (Phi) is 6.07. The molecule has 122 valence electrons. The standard InChI is InChI=1S/C17H26N2O3/c1-13(19-9-5-4-6-10-19)17(20)18-12-14-7-8-15(21-2)16(11-14)22-3/h7-8,11,13H,4-6,9-10,12H2,1-3H3,(H,18,20)/t13-/m0/s1. The zero-order valence-corrected chi connectivity index (χ0v) is 13.7. The van der Waals surface area contributed by atoms with E-state index < -0.39 is 0 Å². The van der Waals surface area contributed by atoms with Crippen LogP contribution in [0.5, 0.6) is 11.5 Å². The summed E-state index contributed by atoms with van der Waals surface area (Å²) in [5, 5.41) is 3.01. The fourth-order valence-corrected chi connectivity index (χ4v) is 2.80. The Balaban J connectivity index is 1.90. The first-order valence-corrected chi connectivity index (χ1v) is 7.88. The topological polar surface area (TPSA) is 50.8 Å². The molecule has 0 unspecified atom stereocenters. The summed E-state index contributed by atoms with van der Waals surface area (Å²) in [5.41, 5.74) is 0.997. The number of hydrogen-bond donors (Lipinski definition) is 1. The SMILES string of the molecule is COc1ccc(CNC(=O)[C@H](C)N2CCCCC2)cc1OC. The number of carbonyl (C=O) groups excluding carboxylic acids is 1. The van der Waals surface area contributed by atoms with Gasteiger partial charge in [0.1, 0.15) is 0 Å². The number of carbonyl (C=O) groups is 1. The van der Waals surface area contributed by atoms with Crippen LogP contribution in [0, 0.1) is 0 Å². The van der Waals surface area contributed by atoms with Crippen LogP contribution in [-0.4, -0.2) is 44.2 Å². The predicted octanol–water partition coefficient (Wildman–Crippen LogP) is 2.19. The van der Waals surface area contributed by atoms with Crippen molar-refractivity contribution in [2.45, 2.75) is 38.8 Å². The fraction of sp³-hybridized carbons (Fsp3) is 0.588. The van der Waals surface area contributed by atoms with E-state index in [0.29, 0.717) is 18.0 Å². The third-order valence-electron chi connectivity index (χ3n) is 4.23. The lowest BCUT2D eigenvalue weighted by atomic mass is 10.1. The van der Waals surface area contributed by atoms with E-state index >= 15 is 0 Å². The molecular formula is C17H26N2O3. The first-order chi connectivity index (χ1) is 10.7. The summed E-state index contributed by atoms with van der Waals surface area (Å²) in [4.78, 5) is 14.5. The Morgan fingerprint density at radius 3 is 2.50 bits per heavy atom. The van der Waals surface area contributed by atoms with Gasteiger partial charge in [-0.3, -0.25) is 9.69 Å². The third-order valence-corrected chi connectivity index (χ3v) is 4.23. The van der Waals surface area contributed by atoms with Gasteiger partial charge in [-0.15, -0.1) is 0 Å². The first kappa shape index (κ1) is 16.6. The number of piperidine rings is 1.